The van der Waals surface area contributed by atoms with Crippen molar-refractivity contribution in [2.75, 3.05) is 17.7 Å². The van der Waals surface area contributed by atoms with Crippen LogP contribution in [0.1, 0.15) is 15.4 Å². The first kappa shape index (κ1) is 11.5. The normalized spacial score (nSPS) is 10.2. The molecule has 0 radical (unpaired) electrons. The molecule has 17 heavy (non-hydrogen) atoms. The van der Waals surface area contributed by atoms with E-state index in [2.05, 4.69) is 9.97 Å². The molecule has 2 heterocycles. The lowest BCUT2D eigenvalue weighted by Crippen LogP contribution is -2.26. The van der Waals surface area contributed by atoms with Crippen molar-refractivity contribution >= 4 is 28.6 Å². The quantitative estimate of drug-likeness (QED) is 0.878. The summed E-state index contributed by atoms with van der Waals surface area (Å²) in [4.78, 5) is 22.3. The molecule has 0 unspecified atom stereocenters. The lowest BCUT2D eigenvalue weighted by atomic mass is 10.3. The maximum absolute atomic E-state index is 12.2. The molecule has 0 bridgehead atoms. The Labute approximate surface area is 103 Å². The van der Waals surface area contributed by atoms with Gasteiger partial charge in [-0.2, -0.15) is 0 Å². The van der Waals surface area contributed by atoms with Crippen molar-refractivity contribution in [3.05, 3.63) is 34.5 Å². The monoisotopic (exact) mass is 248 g/mol. The molecule has 2 aromatic rings. The number of hydrogen-bond acceptors (Lipinski definition) is 5. The number of hydrogen-bond donors (Lipinski definition) is 1. The summed E-state index contributed by atoms with van der Waals surface area (Å²) >= 11 is 1.33. The molecular formula is C11H12N4OS. The molecule has 6 heteroatoms. The van der Waals surface area contributed by atoms with E-state index in [1.165, 1.54) is 22.4 Å². The molecule has 5 nitrogen and oxygen atoms in total. The molecule has 2 aromatic heterocycles. The molecule has 0 aliphatic carbocycles. The molecule has 0 atom stereocenters. The number of amides is 1. The number of nitrogen functional groups attached to an aromatic ring is 1. The van der Waals surface area contributed by atoms with E-state index in [-0.39, 0.29) is 5.91 Å². The van der Waals surface area contributed by atoms with E-state index in [0.29, 0.717) is 16.3 Å². The number of carbonyl (C=O) groups excluding carboxylic acids is 1. The molecule has 2 rings (SSSR count). The predicted molar refractivity (Wildman–Crippen MR) is 68.2 cm³/mol. The molecule has 0 aromatic carbocycles. The fourth-order valence-corrected chi connectivity index (χ4v) is 2.25. The molecule has 88 valence electrons. The largest absolute Gasteiger partial charge is 0.396 e. The lowest BCUT2D eigenvalue weighted by molar-refractivity contribution is 0.0996. The van der Waals surface area contributed by atoms with Crippen LogP contribution in [0.5, 0.6) is 0 Å². The first-order valence-corrected chi connectivity index (χ1v) is 5.87. The van der Waals surface area contributed by atoms with Gasteiger partial charge in [-0.25, -0.2) is 4.98 Å². The number of aromatic nitrogens is 2. The summed E-state index contributed by atoms with van der Waals surface area (Å²) in [5.74, 6) is -0.108. The van der Waals surface area contributed by atoms with E-state index in [4.69, 9.17) is 5.73 Å². The van der Waals surface area contributed by atoms with Crippen LogP contribution < -0.4 is 10.6 Å². The summed E-state index contributed by atoms with van der Waals surface area (Å²) in [5.41, 5.74) is 9.30. The number of pyridine rings is 1. The zero-order valence-corrected chi connectivity index (χ0v) is 10.4. The second-order valence-electron chi connectivity index (χ2n) is 3.57. The summed E-state index contributed by atoms with van der Waals surface area (Å²) in [5, 5.41) is 0. The molecule has 0 aliphatic heterocycles. The van der Waals surface area contributed by atoms with E-state index in [1.54, 1.807) is 24.8 Å². The molecule has 0 saturated heterocycles. The minimum absolute atomic E-state index is 0.108. The summed E-state index contributed by atoms with van der Waals surface area (Å²) in [6.45, 7) is 1.81. The number of aryl methyl sites for hydroxylation is 1. The SMILES string of the molecule is Cc1ncsc1C(=O)N(C)c1ccncc1N. The number of rotatable bonds is 2. The average Bonchev–Trinajstić information content (AvgIpc) is 2.74. The van der Waals surface area contributed by atoms with Crippen molar-refractivity contribution in [2.45, 2.75) is 6.92 Å². The van der Waals surface area contributed by atoms with Crippen LogP contribution in [0.15, 0.2) is 24.0 Å². The number of carbonyl (C=O) groups is 1. The summed E-state index contributed by atoms with van der Waals surface area (Å²) in [7, 11) is 1.69. The van der Waals surface area contributed by atoms with Gasteiger partial charge in [-0.15, -0.1) is 11.3 Å². The molecule has 1 amide bonds. The number of nitrogens with two attached hydrogens (primary N) is 1. The predicted octanol–water partition coefficient (Wildman–Crippen LogP) is 1.71. The minimum Gasteiger partial charge on any atom is -0.396 e. The third-order valence-electron chi connectivity index (χ3n) is 2.43. The maximum Gasteiger partial charge on any atom is 0.270 e. The van der Waals surface area contributed by atoms with Gasteiger partial charge in [-0.05, 0) is 13.0 Å². The van der Waals surface area contributed by atoms with Gasteiger partial charge in [0.15, 0.2) is 0 Å². The van der Waals surface area contributed by atoms with Crippen LogP contribution in [0.25, 0.3) is 0 Å². The van der Waals surface area contributed by atoms with Crippen LogP contribution in [0.4, 0.5) is 11.4 Å². The van der Waals surface area contributed by atoms with Crippen molar-refractivity contribution in [1.82, 2.24) is 9.97 Å². The molecule has 2 N–H and O–H groups in total. The summed E-state index contributed by atoms with van der Waals surface area (Å²) in [6, 6.07) is 1.71. The lowest BCUT2D eigenvalue weighted by Gasteiger charge is -2.18. The van der Waals surface area contributed by atoms with Crippen LogP contribution in [-0.4, -0.2) is 22.9 Å². The van der Waals surface area contributed by atoms with Crippen LogP contribution in [-0.2, 0) is 0 Å². The highest BCUT2D eigenvalue weighted by molar-refractivity contribution is 7.12. The first-order chi connectivity index (χ1) is 8.11. The van der Waals surface area contributed by atoms with Crippen molar-refractivity contribution in [3.63, 3.8) is 0 Å². The zero-order chi connectivity index (χ0) is 12.4. The van der Waals surface area contributed by atoms with E-state index in [1.807, 2.05) is 6.92 Å². The summed E-state index contributed by atoms with van der Waals surface area (Å²) < 4.78 is 0. The third kappa shape index (κ3) is 2.12. The van der Waals surface area contributed by atoms with Crippen LogP contribution >= 0.6 is 11.3 Å². The van der Waals surface area contributed by atoms with Crippen LogP contribution in [0.2, 0.25) is 0 Å². The highest BCUT2D eigenvalue weighted by Crippen LogP contribution is 2.23. The van der Waals surface area contributed by atoms with E-state index < -0.39 is 0 Å². The highest BCUT2D eigenvalue weighted by Gasteiger charge is 2.19. The molecule has 0 aliphatic rings. The van der Waals surface area contributed by atoms with Gasteiger partial charge in [-0.3, -0.25) is 9.78 Å². The minimum atomic E-state index is -0.108. The van der Waals surface area contributed by atoms with Gasteiger partial charge in [0.25, 0.3) is 5.91 Å². The Hall–Kier alpha value is -1.95. The number of thiazole rings is 1. The van der Waals surface area contributed by atoms with Gasteiger partial charge in [0.05, 0.1) is 28.8 Å². The Morgan fingerprint density at radius 2 is 2.29 bits per heavy atom. The van der Waals surface area contributed by atoms with E-state index in [9.17, 15) is 4.79 Å². The average molecular weight is 248 g/mol. The highest BCUT2D eigenvalue weighted by atomic mass is 32.1. The van der Waals surface area contributed by atoms with Crippen molar-refractivity contribution in [3.8, 4) is 0 Å². The zero-order valence-electron chi connectivity index (χ0n) is 9.54. The fraction of sp³-hybridized carbons (Fsp3) is 0.182. The molecule has 0 spiro atoms. The van der Waals surface area contributed by atoms with Gasteiger partial charge in [0, 0.05) is 13.2 Å². The molecule has 0 fully saturated rings. The van der Waals surface area contributed by atoms with Crippen LogP contribution in [0, 0.1) is 6.92 Å². The Bertz CT molecular complexity index is 552. The number of anilines is 2. The second-order valence-corrected chi connectivity index (χ2v) is 4.42. The Morgan fingerprint density at radius 3 is 2.88 bits per heavy atom. The summed E-state index contributed by atoms with van der Waals surface area (Å²) in [6.07, 6.45) is 3.13. The smallest absolute Gasteiger partial charge is 0.270 e. The maximum atomic E-state index is 12.2. The number of nitrogens with zero attached hydrogens (tertiary/aromatic N) is 3. The van der Waals surface area contributed by atoms with Gasteiger partial charge < -0.3 is 10.6 Å². The molecule has 0 saturated carbocycles. The molecular weight excluding hydrogens is 236 g/mol. The van der Waals surface area contributed by atoms with Gasteiger partial charge in [0.1, 0.15) is 4.88 Å². The van der Waals surface area contributed by atoms with Gasteiger partial charge in [0.2, 0.25) is 0 Å². The standard InChI is InChI=1S/C11H12N4OS/c1-7-10(17-6-14-7)11(16)15(2)9-3-4-13-5-8(9)12/h3-6H,12H2,1-2H3. The van der Waals surface area contributed by atoms with E-state index in [0.717, 1.165) is 5.69 Å². The van der Waals surface area contributed by atoms with Crippen LogP contribution in [0.3, 0.4) is 0 Å². The fourth-order valence-electron chi connectivity index (χ4n) is 1.47. The van der Waals surface area contributed by atoms with Gasteiger partial charge >= 0.3 is 0 Å². The Kier molecular flexibility index (Phi) is 3.06. The second kappa shape index (κ2) is 4.50. The van der Waals surface area contributed by atoms with Crippen molar-refractivity contribution < 1.29 is 4.79 Å². The van der Waals surface area contributed by atoms with Crippen molar-refractivity contribution in [1.29, 1.82) is 0 Å². The Balaban J connectivity index is 2.33. The third-order valence-corrected chi connectivity index (χ3v) is 3.35. The van der Waals surface area contributed by atoms with Crippen molar-refractivity contribution in [2.24, 2.45) is 0 Å². The van der Waals surface area contributed by atoms with Gasteiger partial charge in [-0.1, -0.05) is 0 Å². The topological polar surface area (TPSA) is 72.1 Å². The van der Waals surface area contributed by atoms with E-state index >= 15 is 0 Å². The Morgan fingerprint density at radius 1 is 1.53 bits per heavy atom. The first-order valence-electron chi connectivity index (χ1n) is 4.99.